The van der Waals surface area contributed by atoms with Crippen molar-refractivity contribution >= 4 is 0 Å². The van der Waals surface area contributed by atoms with E-state index >= 15 is 0 Å². The van der Waals surface area contributed by atoms with Gasteiger partial charge in [-0.1, -0.05) is 19.9 Å². The quantitative estimate of drug-likeness (QED) is 0.718. The predicted molar refractivity (Wildman–Crippen MR) is 66.2 cm³/mol. The van der Waals surface area contributed by atoms with E-state index < -0.39 is 0 Å². The lowest BCUT2D eigenvalue weighted by Crippen LogP contribution is -2.24. The van der Waals surface area contributed by atoms with Crippen LogP contribution in [0.5, 0.6) is 0 Å². The highest BCUT2D eigenvalue weighted by Crippen LogP contribution is 2.04. The van der Waals surface area contributed by atoms with Gasteiger partial charge in [0.05, 0.1) is 18.4 Å². The molecule has 0 saturated carbocycles. The van der Waals surface area contributed by atoms with Crippen LogP contribution in [0.3, 0.4) is 0 Å². The van der Waals surface area contributed by atoms with Crippen molar-refractivity contribution in [3.05, 3.63) is 30.1 Å². The third kappa shape index (κ3) is 5.24. The highest BCUT2D eigenvalue weighted by Gasteiger charge is 2.05. The first-order valence-corrected chi connectivity index (χ1v) is 5.92. The van der Waals surface area contributed by atoms with Crippen LogP contribution < -0.4 is 5.32 Å². The van der Waals surface area contributed by atoms with Gasteiger partial charge >= 0.3 is 0 Å². The molecule has 3 nitrogen and oxygen atoms in total. The van der Waals surface area contributed by atoms with Crippen LogP contribution in [-0.2, 0) is 11.3 Å². The first-order valence-electron chi connectivity index (χ1n) is 5.92. The molecule has 0 aliphatic carbocycles. The Balaban J connectivity index is 2.04. The van der Waals surface area contributed by atoms with E-state index in [1.807, 2.05) is 24.4 Å². The molecule has 90 valence electrons. The van der Waals surface area contributed by atoms with Gasteiger partial charge in [-0.3, -0.25) is 4.98 Å². The predicted octanol–water partition coefficient (Wildman–Crippen LogP) is 2.23. The standard InChI is InChI=1S/C13H22N2O/c1-11(2)12(3)16-9-8-14-10-13-6-4-5-7-15-13/h4-7,11-12,14H,8-10H2,1-3H3. The number of nitrogens with one attached hydrogen (secondary N) is 1. The van der Waals surface area contributed by atoms with Crippen molar-refractivity contribution in [2.45, 2.75) is 33.4 Å². The maximum atomic E-state index is 5.66. The zero-order valence-electron chi connectivity index (χ0n) is 10.4. The minimum Gasteiger partial charge on any atom is -0.377 e. The molecule has 1 rings (SSSR count). The molecule has 1 N–H and O–H groups in total. The largest absolute Gasteiger partial charge is 0.377 e. The molecule has 1 aromatic rings. The Morgan fingerprint density at radius 3 is 2.75 bits per heavy atom. The molecule has 0 bridgehead atoms. The van der Waals surface area contributed by atoms with Crippen LogP contribution in [0.4, 0.5) is 0 Å². The Kier molecular flexibility index (Phi) is 6.04. The van der Waals surface area contributed by atoms with Crippen molar-refractivity contribution in [3.8, 4) is 0 Å². The lowest BCUT2D eigenvalue weighted by atomic mass is 10.1. The average molecular weight is 222 g/mol. The molecule has 0 aliphatic heterocycles. The van der Waals surface area contributed by atoms with Crippen LogP contribution in [0.25, 0.3) is 0 Å². The van der Waals surface area contributed by atoms with Gasteiger partial charge in [-0.25, -0.2) is 0 Å². The fraction of sp³-hybridized carbons (Fsp3) is 0.615. The maximum Gasteiger partial charge on any atom is 0.0594 e. The molecule has 1 unspecified atom stereocenters. The van der Waals surface area contributed by atoms with Crippen molar-refractivity contribution in [1.82, 2.24) is 10.3 Å². The molecular formula is C13H22N2O. The first-order chi connectivity index (χ1) is 7.70. The van der Waals surface area contributed by atoms with Crippen LogP contribution in [0.15, 0.2) is 24.4 Å². The van der Waals surface area contributed by atoms with Crippen LogP contribution in [-0.4, -0.2) is 24.2 Å². The van der Waals surface area contributed by atoms with Gasteiger partial charge in [-0.05, 0) is 25.0 Å². The minimum atomic E-state index is 0.330. The van der Waals surface area contributed by atoms with Crippen molar-refractivity contribution < 1.29 is 4.74 Å². The van der Waals surface area contributed by atoms with E-state index in [9.17, 15) is 0 Å². The minimum absolute atomic E-state index is 0.330. The topological polar surface area (TPSA) is 34.1 Å². The Labute approximate surface area is 98.2 Å². The van der Waals surface area contributed by atoms with Gasteiger partial charge in [-0.15, -0.1) is 0 Å². The Hall–Kier alpha value is -0.930. The molecule has 1 atom stereocenters. The van der Waals surface area contributed by atoms with Gasteiger partial charge in [0.2, 0.25) is 0 Å². The smallest absolute Gasteiger partial charge is 0.0594 e. The van der Waals surface area contributed by atoms with E-state index in [1.54, 1.807) is 0 Å². The van der Waals surface area contributed by atoms with E-state index in [2.05, 4.69) is 31.1 Å². The summed E-state index contributed by atoms with van der Waals surface area (Å²) >= 11 is 0. The van der Waals surface area contributed by atoms with Crippen molar-refractivity contribution in [2.75, 3.05) is 13.2 Å². The summed E-state index contributed by atoms with van der Waals surface area (Å²) in [6.07, 6.45) is 2.14. The summed E-state index contributed by atoms with van der Waals surface area (Å²) in [6, 6.07) is 5.95. The lowest BCUT2D eigenvalue weighted by Gasteiger charge is -2.16. The van der Waals surface area contributed by atoms with Crippen molar-refractivity contribution in [1.29, 1.82) is 0 Å². The Bertz CT molecular complexity index is 275. The SMILES string of the molecule is CC(C)C(C)OCCNCc1ccccn1. The highest BCUT2D eigenvalue weighted by atomic mass is 16.5. The van der Waals surface area contributed by atoms with Gasteiger partial charge in [0.25, 0.3) is 0 Å². The van der Waals surface area contributed by atoms with Crippen LogP contribution in [0.1, 0.15) is 26.5 Å². The summed E-state index contributed by atoms with van der Waals surface area (Å²) in [5.41, 5.74) is 1.07. The molecule has 3 heteroatoms. The number of nitrogens with zero attached hydrogens (tertiary/aromatic N) is 1. The van der Waals surface area contributed by atoms with Crippen LogP contribution in [0, 0.1) is 5.92 Å². The fourth-order valence-corrected chi connectivity index (χ4v) is 1.23. The summed E-state index contributed by atoms with van der Waals surface area (Å²) in [5, 5.41) is 3.31. The number of rotatable bonds is 7. The number of pyridine rings is 1. The third-order valence-electron chi connectivity index (χ3n) is 2.63. The molecule has 0 aliphatic rings. The molecule has 1 heterocycles. The van der Waals surface area contributed by atoms with E-state index in [-0.39, 0.29) is 0 Å². The molecule has 1 aromatic heterocycles. The molecular weight excluding hydrogens is 200 g/mol. The maximum absolute atomic E-state index is 5.66. The van der Waals surface area contributed by atoms with Crippen LogP contribution in [0.2, 0.25) is 0 Å². The second-order valence-corrected chi connectivity index (χ2v) is 4.32. The van der Waals surface area contributed by atoms with Crippen molar-refractivity contribution in [2.24, 2.45) is 5.92 Å². The summed E-state index contributed by atoms with van der Waals surface area (Å²) in [6.45, 7) is 8.89. The highest BCUT2D eigenvalue weighted by molar-refractivity contribution is 5.02. The molecule has 0 amide bonds. The number of aromatic nitrogens is 1. The van der Waals surface area contributed by atoms with Crippen LogP contribution >= 0.6 is 0 Å². The molecule has 16 heavy (non-hydrogen) atoms. The zero-order valence-corrected chi connectivity index (χ0v) is 10.4. The van der Waals surface area contributed by atoms with Gasteiger partial charge in [0.1, 0.15) is 0 Å². The second kappa shape index (κ2) is 7.36. The van der Waals surface area contributed by atoms with E-state index in [1.165, 1.54) is 0 Å². The number of ether oxygens (including phenoxy) is 1. The lowest BCUT2D eigenvalue weighted by molar-refractivity contribution is 0.0373. The average Bonchev–Trinajstić information content (AvgIpc) is 2.29. The molecule has 0 fully saturated rings. The van der Waals surface area contributed by atoms with E-state index in [0.717, 1.165) is 25.4 Å². The zero-order chi connectivity index (χ0) is 11.8. The molecule has 0 aromatic carbocycles. The van der Waals surface area contributed by atoms with E-state index in [0.29, 0.717) is 12.0 Å². The monoisotopic (exact) mass is 222 g/mol. The summed E-state index contributed by atoms with van der Waals surface area (Å²) in [4.78, 5) is 4.24. The first kappa shape index (κ1) is 13.1. The molecule has 0 spiro atoms. The van der Waals surface area contributed by atoms with Gasteiger partial charge < -0.3 is 10.1 Å². The number of hydrogen-bond acceptors (Lipinski definition) is 3. The molecule has 0 radical (unpaired) electrons. The summed E-state index contributed by atoms with van der Waals surface area (Å²) in [7, 11) is 0. The van der Waals surface area contributed by atoms with Gasteiger partial charge in [-0.2, -0.15) is 0 Å². The summed E-state index contributed by atoms with van der Waals surface area (Å²) < 4.78 is 5.66. The second-order valence-electron chi connectivity index (χ2n) is 4.32. The van der Waals surface area contributed by atoms with Gasteiger partial charge in [0.15, 0.2) is 0 Å². The van der Waals surface area contributed by atoms with Crippen molar-refractivity contribution in [3.63, 3.8) is 0 Å². The molecule has 0 saturated heterocycles. The number of hydrogen-bond donors (Lipinski definition) is 1. The Morgan fingerprint density at radius 1 is 1.31 bits per heavy atom. The van der Waals surface area contributed by atoms with Gasteiger partial charge in [0, 0.05) is 19.3 Å². The van der Waals surface area contributed by atoms with E-state index in [4.69, 9.17) is 4.74 Å². The fourth-order valence-electron chi connectivity index (χ4n) is 1.23. The Morgan fingerprint density at radius 2 is 2.12 bits per heavy atom. The normalized spacial score (nSPS) is 13.0. The summed E-state index contributed by atoms with van der Waals surface area (Å²) in [5.74, 6) is 0.579. The third-order valence-corrected chi connectivity index (χ3v) is 2.63.